The number of amides is 3. The van der Waals surface area contributed by atoms with Crippen molar-refractivity contribution in [3.63, 3.8) is 0 Å². The van der Waals surface area contributed by atoms with Gasteiger partial charge in [0.05, 0.1) is 32.9 Å². The van der Waals surface area contributed by atoms with Crippen molar-refractivity contribution in [2.75, 3.05) is 25.0 Å². The Morgan fingerprint density at radius 1 is 1.00 bits per heavy atom. The van der Waals surface area contributed by atoms with Gasteiger partial charge in [-0.1, -0.05) is 65.7 Å². The summed E-state index contributed by atoms with van der Waals surface area (Å²) in [7, 11) is 1.77. The predicted molar refractivity (Wildman–Crippen MR) is 150 cm³/mol. The van der Waals surface area contributed by atoms with Crippen molar-refractivity contribution in [1.82, 2.24) is 25.9 Å². The number of para-hydroxylation sites is 1. The lowest BCUT2D eigenvalue weighted by Crippen LogP contribution is -2.41. The van der Waals surface area contributed by atoms with Crippen molar-refractivity contribution >= 4 is 57.7 Å². The molecule has 1 aliphatic rings. The van der Waals surface area contributed by atoms with Crippen molar-refractivity contribution in [3.8, 4) is 0 Å². The van der Waals surface area contributed by atoms with Crippen LogP contribution in [0.15, 0.2) is 66.9 Å². The number of benzene rings is 3. The maximum absolute atomic E-state index is 13.0. The third kappa shape index (κ3) is 5.37. The minimum atomic E-state index is -0.443. The van der Waals surface area contributed by atoms with Crippen LogP contribution in [-0.4, -0.2) is 42.0 Å². The lowest BCUT2D eigenvalue weighted by molar-refractivity contribution is 0.0954. The van der Waals surface area contributed by atoms with E-state index < -0.39 is 5.91 Å². The van der Waals surface area contributed by atoms with Crippen molar-refractivity contribution in [3.05, 3.63) is 93.6 Å². The first-order chi connectivity index (χ1) is 18.4. The summed E-state index contributed by atoms with van der Waals surface area (Å²) in [5.41, 5.74) is 3.88. The normalized spacial score (nSPS) is 14.1. The fraction of sp³-hybridized carbons (Fsp3) is 0.214. The summed E-state index contributed by atoms with van der Waals surface area (Å²) >= 11 is 13.0. The molecule has 0 spiro atoms. The summed E-state index contributed by atoms with van der Waals surface area (Å²) < 4.78 is 0. The van der Waals surface area contributed by atoms with E-state index in [4.69, 9.17) is 23.2 Å². The van der Waals surface area contributed by atoms with Gasteiger partial charge in [-0.2, -0.15) is 0 Å². The van der Waals surface area contributed by atoms with Crippen LogP contribution in [0.2, 0.25) is 10.0 Å². The summed E-state index contributed by atoms with van der Waals surface area (Å²) in [5.74, 6) is -0.0130. The molecule has 0 unspecified atom stereocenters. The Hall–Kier alpha value is -3.88. The Bertz CT molecular complexity index is 1510. The van der Waals surface area contributed by atoms with Gasteiger partial charge in [-0.3, -0.25) is 4.79 Å². The number of halogens is 2. The molecule has 5 rings (SSSR count). The van der Waals surface area contributed by atoms with Crippen LogP contribution in [0.3, 0.4) is 0 Å². The molecular formula is C28H26Cl2N6O2. The van der Waals surface area contributed by atoms with Gasteiger partial charge in [0.15, 0.2) is 0 Å². The number of anilines is 2. The number of aryl methyl sites for hydroxylation is 1. The molecule has 0 bridgehead atoms. The van der Waals surface area contributed by atoms with Gasteiger partial charge in [0.25, 0.3) is 5.91 Å². The van der Waals surface area contributed by atoms with E-state index in [1.807, 2.05) is 42.5 Å². The molecule has 3 N–H and O–H groups in total. The van der Waals surface area contributed by atoms with Crippen LogP contribution in [0.25, 0.3) is 10.9 Å². The molecule has 194 valence electrons. The highest BCUT2D eigenvalue weighted by molar-refractivity contribution is 6.41. The first-order valence-electron chi connectivity index (χ1n) is 12.3. The third-order valence-electron chi connectivity index (χ3n) is 6.57. The molecule has 1 aliphatic carbocycles. The third-order valence-corrected chi connectivity index (χ3v) is 7.27. The molecule has 3 amide bonds. The number of fused-ring (bicyclic) bond motifs is 2. The average Bonchev–Trinajstić information content (AvgIpc) is 3.33. The van der Waals surface area contributed by atoms with E-state index >= 15 is 0 Å². The quantitative estimate of drug-likeness (QED) is 0.268. The molecule has 1 aromatic heterocycles. The molecule has 3 aromatic carbocycles. The van der Waals surface area contributed by atoms with Gasteiger partial charge in [-0.25, -0.2) is 14.8 Å². The van der Waals surface area contributed by atoms with Gasteiger partial charge in [0.1, 0.15) is 0 Å². The molecule has 0 aliphatic heterocycles. The first kappa shape index (κ1) is 25.8. The van der Waals surface area contributed by atoms with E-state index in [-0.39, 0.29) is 40.8 Å². The van der Waals surface area contributed by atoms with Crippen LogP contribution in [0.5, 0.6) is 0 Å². The van der Waals surface area contributed by atoms with Crippen molar-refractivity contribution < 1.29 is 9.59 Å². The molecule has 0 saturated carbocycles. The van der Waals surface area contributed by atoms with Gasteiger partial charge >= 0.3 is 6.03 Å². The lowest BCUT2D eigenvalue weighted by atomic mass is 10.1. The van der Waals surface area contributed by atoms with Gasteiger partial charge in [-0.05, 0) is 42.2 Å². The second-order valence-corrected chi connectivity index (χ2v) is 9.77. The molecule has 0 saturated heterocycles. The molecule has 0 fully saturated rings. The fourth-order valence-electron chi connectivity index (χ4n) is 4.60. The van der Waals surface area contributed by atoms with Crippen molar-refractivity contribution in [2.45, 2.75) is 18.9 Å². The van der Waals surface area contributed by atoms with Crippen LogP contribution in [-0.2, 0) is 6.42 Å². The standard InChI is InChI=1S/C28H26Cl2N6O2/c1-36(27-33-16-18-7-3-5-9-21(18)34-27)23-13-11-20(29)24(25(23)30)26(37)31-14-15-32-28(38)35-22-12-10-17-6-2-4-8-19(17)22/h2-9,11,13,16,22H,10,12,14-15H2,1H3,(H,31,37)(H2,32,35,38)/t22-/m1/s1. The van der Waals surface area contributed by atoms with E-state index in [0.29, 0.717) is 11.6 Å². The van der Waals surface area contributed by atoms with Crippen LogP contribution in [0, 0.1) is 0 Å². The second-order valence-electron chi connectivity index (χ2n) is 8.99. The van der Waals surface area contributed by atoms with Crippen LogP contribution in [0.4, 0.5) is 16.4 Å². The topological polar surface area (TPSA) is 99.2 Å². The SMILES string of the molecule is CN(c1ncc2ccccc2n1)c1ccc(Cl)c(C(=O)NCCNC(=O)N[C@@H]2CCc3ccccc32)c1Cl. The molecule has 0 radical (unpaired) electrons. The Balaban J connectivity index is 1.19. The van der Waals surface area contributed by atoms with Crippen LogP contribution >= 0.6 is 23.2 Å². The van der Waals surface area contributed by atoms with E-state index in [9.17, 15) is 9.59 Å². The van der Waals surface area contributed by atoms with Crippen molar-refractivity contribution in [1.29, 1.82) is 0 Å². The number of nitrogens with zero attached hydrogens (tertiary/aromatic N) is 3. The predicted octanol–water partition coefficient (Wildman–Crippen LogP) is 5.42. The van der Waals surface area contributed by atoms with E-state index in [1.54, 1.807) is 30.3 Å². The second kappa shape index (κ2) is 11.2. The van der Waals surface area contributed by atoms with E-state index in [1.165, 1.54) is 5.56 Å². The molecule has 1 atom stereocenters. The zero-order valence-corrected chi connectivity index (χ0v) is 22.2. The van der Waals surface area contributed by atoms with Gasteiger partial charge < -0.3 is 20.9 Å². The fourth-order valence-corrected chi connectivity index (χ4v) is 5.27. The molecule has 10 heteroatoms. The summed E-state index contributed by atoms with van der Waals surface area (Å²) in [6.07, 6.45) is 3.55. The number of nitrogens with one attached hydrogen (secondary N) is 3. The van der Waals surface area contributed by atoms with E-state index in [2.05, 4.69) is 32.0 Å². The highest BCUT2D eigenvalue weighted by atomic mass is 35.5. The highest BCUT2D eigenvalue weighted by Crippen LogP contribution is 2.36. The van der Waals surface area contributed by atoms with Gasteiger partial charge in [-0.15, -0.1) is 0 Å². The minimum absolute atomic E-state index is 0.00952. The number of urea groups is 1. The number of hydrogen-bond donors (Lipinski definition) is 3. The van der Waals surface area contributed by atoms with Gasteiger partial charge in [0, 0.05) is 31.7 Å². The number of aromatic nitrogens is 2. The molecule has 1 heterocycles. The number of carbonyl (C=O) groups is 2. The zero-order chi connectivity index (χ0) is 26.6. The molecule has 4 aromatic rings. The first-order valence-corrected chi connectivity index (χ1v) is 13.0. The Morgan fingerprint density at radius 3 is 2.63 bits per heavy atom. The van der Waals surface area contributed by atoms with Crippen LogP contribution in [0.1, 0.15) is 33.9 Å². The largest absolute Gasteiger partial charge is 0.350 e. The molecule has 8 nitrogen and oxygen atoms in total. The summed E-state index contributed by atoms with van der Waals surface area (Å²) in [6.45, 7) is 0.444. The number of rotatable bonds is 7. The summed E-state index contributed by atoms with van der Waals surface area (Å²) in [6, 6.07) is 18.8. The monoisotopic (exact) mass is 548 g/mol. The van der Waals surface area contributed by atoms with Crippen LogP contribution < -0.4 is 20.9 Å². The smallest absolute Gasteiger partial charge is 0.315 e. The lowest BCUT2D eigenvalue weighted by Gasteiger charge is -2.21. The minimum Gasteiger partial charge on any atom is -0.350 e. The number of hydrogen-bond acceptors (Lipinski definition) is 5. The summed E-state index contributed by atoms with van der Waals surface area (Å²) in [4.78, 5) is 36.1. The Kier molecular flexibility index (Phi) is 7.62. The molecular weight excluding hydrogens is 523 g/mol. The molecule has 38 heavy (non-hydrogen) atoms. The Morgan fingerprint density at radius 2 is 1.76 bits per heavy atom. The number of carbonyl (C=O) groups excluding carboxylic acids is 2. The zero-order valence-electron chi connectivity index (χ0n) is 20.7. The maximum atomic E-state index is 13.0. The average molecular weight is 549 g/mol. The van der Waals surface area contributed by atoms with E-state index in [0.717, 1.165) is 29.3 Å². The van der Waals surface area contributed by atoms with Gasteiger partial charge in [0.2, 0.25) is 5.95 Å². The summed E-state index contributed by atoms with van der Waals surface area (Å²) in [5, 5.41) is 9.88. The Labute approximate surface area is 230 Å². The van der Waals surface area contributed by atoms with Crippen molar-refractivity contribution in [2.24, 2.45) is 0 Å². The highest BCUT2D eigenvalue weighted by Gasteiger charge is 2.24. The maximum Gasteiger partial charge on any atom is 0.315 e.